The van der Waals surface area contributed by atoms with Crippen molar-refractivity contribution >= 4 is 17.5 Å². The van der Waals surface area contributed by atoms with Gasteiger partial charge in [-0.25, -0.2) is 4.39 Å². The van der Waals surface area contributed by atoms with Crippen molar-refractivity contribution in [1.29, 1.82) is 0 Å². The number of nitrogens with zero attached hydrogens (tertiary/aromatic N) is 2. The Morgan fingerprint density at radius 2 is 1.40 bits per heavy atom. The Balaban J connectivity index is 1.68. The third-order valence-electron chi connectivity index (χ3n) is 4.28. The summed E-state index contributed by atoms with van der Waals surface area (Å²) >= 11 is 0. The molecule has 1 aliphatic heterocycles. The molecule has 2 aromatic carbocycles. The molecule has 1 aliphatic rings. The van der Waals surface area contributed by atoms with Crippen molar-refractivity contribution in [1.82, 2.24) is 9.80 Å². The van der Waals surface area contributed by atoms with E-state index in [1.54, 1.807) is 40.1 Å². The van der Waals surface area contributed by atoms with Crippen LogP contribution in [0.4, 0.5) is 10.1 Å². The van der Waals surface area contributed by atoms with E-state index < -0.39 is 5.82 Å². The molecular weight excluding hydrogens is 321 g/mol. The summed E-state index contributed by atoms with van der Waals surface area (Å²) in [5.74, 6) is -0.732. The number of benzene rings is 2. The fourth-order valence-electron chi connectivity index (χ4n) is 2.98. The summed E-state index contributed by atoms with van der Waals surface area (Å²) in [7, 11) is 0. The summed E-state index contributed by atoms with van der Waals surface area (Å²) < 4.78 is 13.3. The third kappa shape index (κ3) is 3.96. The molecule has 1 fully saturated rings. The largest absolute Gasteiger partial charge is 0.399 e. The van der Waals surface area contributed by atoms with E-state index in [1.807, 2.05) is 0 Å². The van der Waals surface area contributed by atoms with Crippen LogP contribution < -0.4 is 5.73 Å². The van der Waals surface area contributed by atoms with Crippen molar-refractivity contribution < 1.29 is 14.0 Å². The number of carbonyl (C=O) groups excluding carboxylic acids is 2. The molecule has 2 aromatic rings. The maximum Gasteiger partial charge on any atom is 0.254 e. The fourth-order valence-corrected chi connectivity index (χ4v) is 2.98. The van der Waals surface area contributed by atoms with Gasteiger partial charge >= 0.3 is 0 Å². The smallest absolute Gasteiger partial charge is 0.254 e. The van der Waals surface area contributed by atoms with E-state index in [2.05, 4.69) is 0 Å². The molecule has 2 N–H and O–H groups in total. The van der Waals surface area contributed by atoms with Gasteiger partial charge in [0.2, 0.25) is 0 Å². The number of hydrogen-bond donors (Lipinski definition) is 1. The van der Waals surface area contributed by atoms with Gasteiger partial charge < -0.3 is 15.5 Å². The summed E-state index contributed by atoms with van der Waals surface area (Å²) in [6.07, 6.45) is 0.676. The number of nitrogen functional groups attached to an aromatic ring is 1. The molecule has 0 unspecified atom stereocenters. The maximum atomic E-state index is 13.3. The van der Waals surface area contributed by atoms with Crippen molar-refractivity contribution in [2.45, 2.75) is 6.42 Å². The van der Waals surface area contributed by atoms with Crippen molar-refractivity contribution in [2.24, 2.45) is 0 Å². The Morgan fingerprint density at radius 3 is 1.96 bits per heavy atom. The minimum Gasteiger partial charge on any atom is -0.399 e. The SMILES string of the molecule is Nc1cccc(C(=O)N2CCCN(C(=O)c3cccc(F)c3)CC2)c1. The van der Waals surface area contributed by atoms with Crippen molar-refractivity contribution in [2.75, 3.05) is 31.9 Å². The predicted molar refractivity (Wildman–Crippen MR) is 93.7 cm³/mol. The quantitative estimate of drug-likeness (QED) is 0.853. The number of rotatable bonds is 2. The predicted octanol–water partition coefficient (Wildman–Crippen LogP) is 2.40. The lowest BCUT2D eigenvalue weighted by atomic mass is 10.1. The van der Waals surface area contributed by atoms with Gasteiger partial charge in [0.05, 0.1) is 0 Å². The van der Waals surface area contributed by atoms with Crippen LogP contribution in [0.15, 0.2) is 48.5 Å². The van der Waals surface area contributed by atoms with E-state index in [-0.39, 0.29) is 11.8 Å². The first-order valence-electron chi connectivity index (χ1n) is 8.24. The Hall–Kier alpha value is -2.89. The van der Waals surface area contributed by atoms with Crippen LogP contribution in [0.1, 0.15) is 27.1 Å². The van der Waals surface area contributed by atoms with Crippen molar-refractivity contribution in [3.63, 3.8) is 0 Å². The van der Waals surface area contributed by atoms with Gasteiger partial charge in [-0.2, -0.15) is 0 Å². The first-order valence-corrected chi connectivity index (χ1v) is 8.24. The minimum atomic E-state index is -0.431. The van der Waals surface area contributed by atoms with Gasteiger partial charge in [-0.3, -0.25) is 9.59 Å². The average Bonchev–Trinajstić information content (AvgIpc) is 2.86. The van der Waals surface area contributed by atoms with Crippen LogP contribution in [0, 0.1) is 5.82 Å². The Labute approximate surface area is 145 Å². The Morgan fingerprint density at radius 1 is 0.840 bits per heavy atom. The minimum absolute atomic E-state index is 0.0904. The number of hydrogen-bond acceptors (Lipinski definition) is 3. The number of halogens is 1. The van der Waals surface area contributed by atoms with E-state index in [9.17, 15) is 14.0 Å². The molecule has 0 bridgehead atoms. The summed E-state index contributed by atoms with van der Waals surface area (Å²) in [6.45, 7) is 1.97. The summed E-state index contributed by atoms with van der Waals surface area (Å²) in [6, 6.07) is 12.6. The molecule has 0 aromatic heterocycles. The summed E-state index contributed by atoms with van der Waals surface area (Å²) in [4.78, 5) is 28.5. The highest BCUT2D eigenvalue weighted by atomic mass is 19.1. The molecule has 1 heterocycles. The van der Waals surface area contributed by atoms with Gasteiger partial charge in [-0.15, -0.1) is 0 Å². The lowest BCUT2D eigenvalue weighted by Crippen LogP contribution is -2.37. The number of anilines is 1. The molecule has 5 nitrogen and oxygen atoms in total. The lowest BCUT2D eigenvalue weighted by Gasteiger charge is -2.22. The molecule has 0 spiro atoms. The molecule has 6 heteroatoms. The molecule has 25 heavy (non-hydrogen) atoms. The summed E-state index contributed by atoms with van der Waals surface area (Å²) in [5.41, 5.74) is 7.16. The van der Waals surface area contributed by atoms with E-state index >= 15 is 0 Å². The van der Waals surface area contributed by atoms with Gasteiger partial charge in [-0.05, 0) is 42.8 Å². The highest BCUT2D eigenvalue weighted by Gasteiger charge is 2.23. The molecule has 0 atom stereocenters. The van der Waals surface area contributed by atoms with Crippen LogP contribution in [0.25, 0.3) is 0 Å². The van der Waals surface area contributed by atoms with Crippen LogP contribution in [-0.4, -0.2) is 47.8 Å². The molecule has 0 saturated carbocycles. The number of nitrogens with two attached hydrogens (primary N) is 1. The number of amides is 2. The second-order valence-electron chi connectivity index (χ2n) is 6.07. The highest BCUT2D eigenvalue weighted by molar-refractivity contribution is 5.96. The van der Waals surface area contributed by atoms with E-state index in [0.717, 1.165) is 0 Å². The van der Waals surface area contributed by atoms with Crippen molar-refractivity contribution in [3.05, 3.63) is 65.5 Å². The second kappa shape index (κ2) is 7.34. The standard InChI is InChI=1S/C19H20FN3O2/c20-16-6-1-4-14(12-16)18(24)22-8-3-9-23(11-10-22)19(25)15-5-2-7-17(21)13-15/h1-2,4-7,12-13H,3,8-11,21H2. The van der Waals surface area contributed by atoms with E-state index in [4.69, 9.17) is 5.73 Å². The van der Waals surface area contributed by atoms with Crippen molar-refractivity contribution in [3.8, 4) is 0 Å². The molecular formula is C19H20FN3O2. The average molecular weight is 341 g/mol. The van der Waals surface area contributed by atoms with E-state index in [1.165, 1.54) is 18.2 Å². The topological polar surface area (TPSA) is 66.6 Å². The first-order chi connectivity index (χ1) is 12.0. The Bertz CT molecular complexity index is 728. The molecule has 2 amide bonds. The van der Waals surface area contributed by atoms with E-state index in [0.29, 0.717) is 49.4 Å². The zero-order valence-corrected chi connectivity index (χ0v) is 13.8. The van der Waals surface area contributed by atoms with Gasteiger partial charge in [0, 0.05) is 43.0 Å². The van der Waals surface area contributed by atoms with Gasteiger partial charge in [0.1, 0.15) is 5.82 Å². The zero-order chi connectivity index (χ0) is 17.8. The normalized spacial score (nSPS) is 14.9. The Kier molecular flexibility index (Phi) is 4.97. The van der Waals surface area contributed by atoms with Crippen LogP contribution in [0.3, 0.4) is 0 Å². The third-order valence-corrected chi connectivity index (χ3v) is 4.28. The van der Waals surface area contributed by atoms with Crippen LogP contribution in [-0.2, 0) is 0 Å². The molecule has 130 valence electrons. The molecule has 3 rings (SSSR count). The highest BCUT2D eigenvalue weighted by Crippen LogP contribution is 2.14. The fraction of sp³-hybridized carbons (Fsp3) is 0.263. The van der Waals surface area contributed by atoms with Gasteiger partial charge in [0.25, 0.3) is 11.8 Å². The van der Waals surface area contributed by atoms with Crippen LogP contribution >= 0.6 is 0 Å². The first kappa shape index (κ1) is 17.0. The van der Waals surface area contributed by atoms with Crippen LogP contribution in [0.2, 0.25) is 0 Å². The second-order valence-corrected chi connectivity index (χ2v) is 6.07. The molecule has 0 aliphatic carbocycles. The molecule has 0 radical (unpaired) electrons. The molecule has 1 saturated heterocycles. The number of carbonyl (C=O) groups is 2. The zero-order valence-electron chi connectivity index (χ0n) is 13.8. The van der Waals surface area contributed by atoms with Gasteiger partial charge in [-0.1, -0.05) is 12.1 Å². The monoisotopic (exact) mass is 341 g/mol. The lowest BCUT2D eigenvalue weighted by molar-refractivity contribution is 0.0718. The van der Waals surface area contributed by atoms with Crippen LogP contribution in [0.5, 0.6) is 0 Å². The summed E-state index contributed by atoms with van der Waals surface area (Å²) in [5, 5.41) is 0. The maximum absolute atomic E-state index is 13.3. The van der Waals surface area contributed by atoms with Gasteiger partial charge in [0.15, 0.2) is 0 Å².